The highest BCUT2D eigenvalue weighted by Gasteiger charge is 2.15. The van der Waals surface area contributed by atoms with Crippen molar-refractivity contribution in [3.63, 3.8) is 0 Å². The Morgan fingerprint density at radius 2 is 2.38 bits per heavy atom. The van der Waals surface area contributed by atoms with Crippen LogP contribution < -0.4 is 0 Å². The van der Waals surface area contributed by atoms with Crippen molar-refractivity contribution in [2.24, 2.45) is 0 Å². The van der Waals surface area contributed by atoms with Crippen molar-refractivity contribution >= 4 is 22.9 Å². The third-order valence-corrected chi connectivity index (χ3v) is 4.43. The van der Waals surface area contributed by atoms with Crippen LogP contribution in [-0.2, 0) is 6.54 Å². The quantitative estimate of drug-likeness (QED) is 0.799. The number of hydrogen-bond acceptors (Lipinski definition) is 3. The topological polar surface area (TPSA) is 30.7 Å². The predicted octanol–water partition coefficient (Wildman–Crippen LogP) is 2.72. The van der Waals surface area contributed by atoms with Gasteiger partial charge in [0.1, 0.15) is 5.52 Å². The van der Waals surface area contributed by atoms with E-state index in [1.54, 1.807) is 0 Å². The average Bonchev–Trinajstić information content (AvgIpc) is 2.74. The van der Waals surface area contributed by atoms with Crippen molar-refractivity contribution in [3.05, 3.63) is 24.7 Å². The number of rotatable bonds is 2. The van der Waals surface area contributed by atoms with Crippen molar-refractivity contribution in [2.75, 3.05) is 5.75 Å². The van der Waals surface area contributed by atoms with Crippen LogP contribution >= 0.6 is 11.8 Å². The first-order valence-corrected chi connectivity index (χ1v) is 6.86. The minimum atomic E-state index is 0.744. The first-order valence-electron chi connectivity index (χ1n) is 5.81. The van der Waals surface area contributed by atoms with Crippen LogP contribution in [0.25, 0.3) is 11.2 Å². The summed E-state index contributed by atoms with van der Waals surface area (Å²) >= 11 is 2.09. The molecule has 4 heteroatoms. The molecule has 0 radical (unpaired) electrons. The van der Waals surface area contributed by atoms with Gasteiger partial charge in [0.15, 0.2) is 5.65 Å². The second kappa shape index (κ2) is 4.45. The lowest BCUT2D eigenvalue weighted by molar-refractivity contribution is 0.589. The Balaban J connectivity index is 1.83. The summed E-state index contributed by atoms with van der Waals surface area (Å²) in [5.41, 5.74) is 2.02. The van der Waals surface area contributed by atoms with Crippen molar-refractivity contribution in [2.45, 2.75) is 31.1 Å². The van der Waals surface area contributed by atoms with E-state index in [1.165, 1.54) is 25.0 Å². The summed E-state index contributed by atoms with van der Waals surface area (Å²) in [4.78, 5) is 8.77. The van der Waals surface area contributed by atoms with Crippen LogP contribution in [0.5, 0.6) is 0 Å². The molecule has 1 unspecified atom stereocenters. The first-order chi connectivity index (χ1) is 7.93. The SMILES string of the molecule is c1cnc2c(c1)ncn2CC1CCCCS1. The molecule has 0 bridgehead atoms. The van der Waals surface area contributed by atoms with Crippen LogP contribution in [0, 0.1) is 0 Å². The molecule has 0 spiro atoms. The Morgan fingerprint density at radius 1 is 1.38 bits per heavy atom. The summed E-state index contributed by atoms with van der Waals surface area (Å²) in [6, 6.07) is 3.96. The summed E-state index contributed by atoms with van der Waals surface area (Å²) in [5, 5.41) is 0.744. The molecule has 0 aliphatic carbocycles. The van der Waals surface area contributed by atoms with E-state index in [9.17, 15) is 0 Å². The highest BCUT2D eigenvalue weighted by Crippen LogP contribution is 2.26. The molecule has 0 amide bonds. The number of thioether (sulfide) groups is 1. The predicted molar refractivity (Wildman–Crippen MR) is 67.6 cm³/mol. The number of imidazole rings is 1. The fourth-order valence-electron chi connectivity index (χ4n) is 2.20. The van der Waals surface area contributed by atoms with Gasteiger partial charge >= 0.3 is 0 Å². The summed E-state index contributed by atoms with van der Waals surface area (Å²) in [5.74, 6) is 1.31. The third kappa shape index (κ3) is 1.94. The van der Waals surface area contributed by atoms with Crippen molar-refractivity contribution < 1.29 is 0 Å². The van der Waals surface area contributed by atoms with Gasteiger partial charge in [0.25, 0.3) is 0 Å². The second-order valence-corrected chi connectivity index (χ2v) is 5.64. The third-order valence-electron chi connectivity index (χ3n) is 3.05. The lowest BCUT2D eigenvalue weighted by atomic mass is 10.2. The zero-order chi connectivity index (χ0) is 10.8. The lowest BCUT2D eigenvalue weighted by Gasteiger charge is -2.21. The Morgan fingerprint density at radius 3 is 3.25 bits per heavy atom. The van der Waals surface area contributed by atoms with Gasteiger partial charge in [-0.2, -0.15) is 11.8 Å². The van der Waals surface area contributed by atoms with Gasteiger partial charge in [0, 0.05) is 18.0 Å². The number of fused-ring (bicyclic) bond motifs is 1. The van der Waals surface area contributed by atoms with Crippen LogP contribution in [-0.4, -0.2) is 25.5 Å². The van der Waals surface area contributed by atoms with Gasteiger partial charge in [-0.25, -0.2) is 9.97 Å². The molecule has 3 nitrogen and oxygen atoms in total. The summed E-state index contributed by atoms with van der Waals surface area (Å²) in [6.45, 7) is 1.05. The molecule has 1 saturated heterocycles. The van der Waals surface area contributed by atoms with Gasteiger partial charge in [-0.05, 0) is 30.7 Å². The molecule has 84 valence electrons. The van der Waals surface area contributed by atoms with E-state index in [0.29, 0.717) is 0 Å². The molecule has 0 saturated carbocycles. The summed E-state index contributed by atoms with van der Waals surface area (Å²) < 4.78 is 2.19. The highest BCUT2D eigenvalue weighted by atomic mass is 32.2. The van der Waals surface area contributed by atoms with Crippen LogP contribution in [0.3, 0.4) is 0 Å². The van der Waals surface area contributed by atoms with E-state index in [4.69, 9.17) is 0 Å². The van der Waals surface area contributed by atoms with Crippen molar-refractivity contribution in [1.29, 1.82) is 0 Å². The molecule has 0 aromatic carbocycles. The molecule has 1 fully saturated rings. The van der Waals surface area contributed by atoms with Crippen LogP contribution in [0.1, 0.15) is 19.3 Å². The average molecular weight is 233 g/mol. The van der Waals surface area contributed by atoms with Gasteiger partial charge in [0.05, 0.1) is 6.33 Å². The van der Waals surface area contributed by atoms with E-state index in [2.05, 4.69) is 26.3 Å². The fraction of sp³-hybridized carbons (Fsp3) is 0.500. The number of hydrogen-bond donors (Lipinski definition) is 0. The van der Waals surface area contributed by atoms with Crippen LogP contribution in [0.15, 0.2) is 24.7 Å². The second-order valence-electron chi connectivity index (χ2n) is 4.23. The molecule has 3 heterocycles. The maximum absolute atomic E-state index is 4.40. The number of pyridine rings is 1. The molecule has 0 N–H and O–H groups in total. The van der Waals surface area contributed by atoms with Gasteiger partial charge < -0.3 is 4.57 Å². The Hall–Kier alpha value is -1.03. The van der Waals surface area contributed by atoms with E-state index >= 15 is 0 Å². The minimum absolute atomic E-state index is 0.744. The molecule has 1 aliphatic heterocycles. The molecule has 1 atom stereocenters. The molecular weight excluding hydrogens is 218 g/mol. The monoisotopic (exact) mass is 233 g/mol. The smallest absolute Gasteiger partial charge is 0.159 e. The Bertz CT molecular complexity index is 474. The minimum Gasteiger partial charge on any atom is -0.314 e. The molecule has 2 aromatic rings. The maximum atomic E-state index is 4.40. The Kier molecular flexibility index (Phi) is 2.82. The van der Waals surface area contributed by atoms with E-state index in [-0.39, 0.29) is 0 Å². The largest absolute Gasteiger partial charge is 0.314 e. The van der Waals surface area contributed by atoms with Crippen LogP contribution in [0.4, 0.5) is 0 Å². The van der Waals surface area contributed by atoms with Crippen LogP contribution in [0.2, 0.25) is 0 Å². The molecule has 16 heavy (non-hydrogen) atoms. The standard InChI is InChI=1S/C12H15N3S/c1-2-7-16-10(4-1)8-15-9-14-11-5-3-6-13-12(11)15/h3,5-6,9-10H,1-2,4,7-8H2. The van der Waals surface area contributed by atoms with Gasteiger partial charge in [0.2, 0.25) is 0 Å². The van der Waals surface area contributed by atoms with E-state index < -0.39 is 0 Å². The van der Waals surface area contributed by atoms with Gasteiger partial charge in [-0.15, -0.1) is 0 Å². The summed E-state index contributed by atoms with van der Waals surface area (Å²) in [7, 11) is 0. The molecular formula is C12H15N3S. The van der Waals surface area contributed by atoms with E-state index in [1.807, 2.05) is 24.7 Å². The van der Waals surface area contributed by atoms with Crippen molar-refractivity contribution in [1.82, 2.24) is 14.5 Å². The zero-order valence-corrected chi connectivity index (χ0v) is 9.99. The molecule has 3 rings (SSSR count). The zero-order valence-electron chi connectivity index (χ0n) is 9.17. The Labute approximate surface area is 99.3 Å². The highest BCUT2D eigenvalue weighted by molar-refractivity contribution is 7.99. The lowest BCUT2D eigenvalue weighted by Crippen LogP contribution is -2.16. The molecule has 1 aliphatic rings. The maximum Gasteiger partial charge on any atom is 0.159 e. The van der Waals surface area contributed by atoms with Crippen molar-refractivity contribution in [3.8, 4) is 0 Å². The van der Waals surface area contributed by atoms with E-state index in [0.717, 1.165) is 23.0 Å². The summed E-state index contributed by atoms with van der Waals surface area (Å²) in [6.07, 6.45) is 7.85. The molecule has 2 aromatic heterocycles. The first kappa shape index (κ1) is 10.1. The fourth-order valence-corrected chi connectivity index (χ4v) is 3.50. The number of nitrogens with zero attached hydrogens (tertiary/aromatic N) is 3. The normalized spacial score (nSPS) is 21.4. The van der Waals surface area contributed by atoms with Gasteiger partial charge in [-0.1, -0.05) is 6.42 Å². The number of aromatic nitrogens is 3. The van der Waals surface area contributed by atoms with Gasteiger partial charge in [-0.3, -0.25) is 0 Å².